The highest BCUT2D eigenvalue weighted by atomic mass is 127. The molecule has 1 aromatic heterocycles. The van der Waals surface area contributed by atoms with Crippen molar-refractivity contribution in [3.8, 4) is 6.01 Å². The SMILES string of the molecule is CC(C)(C)[C@]12CC[C@@H](CN(c3nc(OCC(F)(F)F)nc4c(F)c(Br)c(I)cc34)C1)N2C(=O)O. The molecule has 1 aromatic carbocycles. The van der Waals surface area contributed by atoms with E-state index in [9.17, 15) is 23.1 Å². The predicted molar refractivity (Wildman–Crippen MR) is 129 cm³/mol. The van der Waals surface area contributed by atoms with E-state index < -0.39 is 41.7 Å². The molecule has 0 spiro atoms. The van der Waals surface area contributed by atoms with Crippen LogP contribution in [0.25, 0.3) is 10.9 Å². The Morgan fingerprint density at radius 1 is 1.35 bits per heavy atom. The number of anilines is 1. The first kappa shape index (κ1) is 25.5. The fourth-order valence-corrected chi connectivity index (χ4v) is 5.88. The standard InChI is InChI=1S/C21H22BrF4IN4O3/c1-19(2,3)20-5-4-10(31(20)18(32)33)7-30(8-20)16-11-6-12(27)13(22)14(23)15(11)28-17(29-16)34-9-21(24,25)26/h6,10H,4-5,7-9H2,1-3H3,(H,32,33)/t10-,20-/m0/s1. The van der Waals surface area contributed by atoms with E-state index in [2.05, 4.69) is 25.9 Å². The first-order valence-corrected chi connectivity index (χ1v) is 12.3. The average molecular weight is 661 g/mol. The number of carboxylic acid groups (broad SMARTS) is 1. The van der Waals surface area contributed by atoms with Crippen molar-refractivity contribution in [2.45, 2.75) is 51.4 Å². The van der Waals surface area contributed by atoms with Crippen LogP contribution in [0.3, 0.4) is 0 Å². The number of carbonyl (C=O) groups is 1. The van der Waals surface area contributed by atoms with E-state index in [1.165, 1.54) is 4.90 Å². The van der Waals surface area contributed by atoms with E-state index in [-0.39, 0.29) is 34.9 Å². The second-order valence-electron chi connectivity index (χ2n) is 9.62. The Balaban J connectivity index is 1.87. The predicted octanol–water partition coefficient (Wildman–Crippen LogP) is 5.82. The van der Waals surface area contributed by atoms with E-state index in [1.54, 1.807) is 6.07 Å². The van der Waals surface area contributed by atoms with E-state index in [0.717, 1.165) is 0 Å². The van der Waals surface area contributed by atoms with Gasteiger partial charge in [-0.3, -0.25) is 4.90 Å². The number of fused-ring (bicyclic) bond motifs is 3. The molecule has 0 aliphatic carbocycles. The smallest absolute Gasteiger partial charge is 0.422 e. The molecule has 2 saturated heterocycles. The van der Waals surface area contributed by atoms with Gasteiger partial charge in [-0.15, -0.1) is 0 Å². The Hall–Kier alpha value is -1.64. The topological polar surface area (TPSA) is 78.8 Å². The van der Waals surface area contributed by atoms with Crippen LogP contribution in [0.4, 0.5) is 28.2 Å². The van der Waals surface area contributed by atoms with Crippen LogP contribution in [0, 0.1) is 14.8 Å². The van der Waals surface area contributed by atoms with Crippen molar-refractivity contribution in [2.24, 2.45) is 5.41 Å². The van der Waals surface area contributed by atoms with E-state index >= 15 is 4.39 Å². The summed E-state index contributed by atoms with van der Waals surface area (Å²) in [5.74, 6) is -0.517. The molecule has 186 valence electrons. The van der Waals surface area contributed by atoms with Gasteiger partial charge >= 0.3 is 18.3 Å². The molecular formula is C21H22BrF4IN4O3. The highest BCUT2D eigenvalue weighted by molar-refractivity contribution is 14.1. The summed E-state index contributed by atoms with van der Waals surface area (Å²) in [6.07, 6.45) is -4.37. The Morgan fingerprint density at radius 3 is 2.62 bits per heavy atom. The maximum Gasteiger partial charge on any atom is 0.422 e. The van der Waals surface area contributed by atoms with Gasteiger partial charge in [-0.2, -0.15) is 23.1 Å². The van der Waals surface area contributed by atoms with Gasteiger partial charge in [0.15, 0.2) is 12.4 Å². The quantitative estimate of drug-likeness (QED) is 0.254. The van der Waals surface area contributed by atoms with Gasteiger partial charge in [-0.05, 0) is 62.8 Å². The molecule has 0 unspecified atom stereocenters. The Kier molecular flexibility index (Phi) is 6.35. The number of benzene rings is 1. The van der Waals surface area contributed by atoms with Crippen molar-refractivity contribution in [1.29, 1.82) is 0 Å². The van der Waals surface area contributed by atoms with Gasteiger partial charge in [0.25, 0.3) is 0 Å². The summed E-state index contributed by atoms with van der Waals surface area (Å²) in [4.78, 5) is 23.7. The molecule has 34 heavy (non-hydrogen) atoms. The summed E-state index contributed by atoms with van der Waals surface area (Å²) in [5, 5.41) is 10.3. The van der Waals surface area contributed by atoms with Crippen molar-refractivity contribution in [3.63, 3.8) is 0 Å². The van der Waals surface area contributed by atoms with Gasteiger partial charge in [-0.25, -0.2) is 9.18 Å². The van der Waals surface area contributed by atoms with Crippen molar-refractivity contribution in [2.75, 3.05) is 24.6 Å². The molecule has 2 aliphatic heterocycles. The van der Waals surface area contributed by atoms with Gasteiger partial charge < -0.3 is 14.7 Å². The molecule has 7 nitrogen and oxygen atoms in total. The van der Waals surface area contributed by atoms with E-state index in [0.29, 0.717) is 21.8 Å². The van der Waals surface area contributed by atoms with Crippen molar-refractivity contribution in [3.05, 3.63) is 19.9 Å². The number of amides is 1. The number of aromatic nitrogens is 2. The van der Waals surface area contributed by atoms with Crippen molar-refractivity contribution in [1.82, 2.24) is 14.9 Å². The lowest BCUT2D eigenvalue weighted by Gasteiger charge is -2.54. The summed E-state index contributed by atoms with van der Waals surface area (Å²) < 4.78 is 58.9. The first-order valence-electron chi connectivity index (χ1n) is 10.5. The largest absolute Gasteiger partial charge is 0.465 e. The van der Waals surface area contributed by atoms with Gasteiger partial charge in [0.2, 0.25) is 0 Å². The molecule has 13 heteroatoms. The lowest BCUT2D eigenvalue weighted by Crippen LogP contribution is -2.68. The molecule has 0 radical (unpaired) electrons. The Bertz CT molecular complexity index is 1160. The zero-order valence-corrected chi connectivity index (χ0v) is 22.3. The molecule has 3 heterocycles. The lowest BCUT2D eigenvalue weighted by atomic mass is 9.71. The summed E-state index contributed by atoms with van der Waals surface area (Å²) in [6.45, 7) is 4.79. The molecule has 2 aromatic rings. The van der Waals surface area contributed by atoms with Crippen LogP contribution >= 0.6 is 38.5 Å². The van der Waals surface area contributed by atoms with Crippen molar-refractivity contribution < 1.29 is 32.2 Å². The first-order chi connectivity index (χ1) is 15.6. The molecule has 2 fully saturated rings. The Morgan fingerprint density at radius 2 is 2.03 bits per heavy atom. The van der Waals surface area contributed by atoms with Crippen LogP contribution in [-0.2, 0) is 0 Å². The minimum Gasteiger partial charge on any atom is -0.465 e. The zero-order chi connectivity index (χ0) is 25.2. The minimum absolute atomic E-state index is 0.133. The maximum absolute atomic E-state index is 15.1. The number of piperazine rings is 1. The van der Waals surface area contributed by atoms with Crippen LogP contribution in [0.2, 0.25) is 0 Å². The van der Waals surface area contributed by atoms with Crippen LogP contribution in [0.5, 0.6) is 6.01 Å². The fourth-order valence-electron chi connectivity index (χ4n) is 5.03. The third-order valence-electron chi connectivity index (χ3n) is 6.65. The highest BCUT2D eigenvalue weighted by Crippen LogP contribution is 2.50. The second kappa shape index (κ2) is 8.49. The normalized spacial score (nSPS) is 23.0. The molecular weight excluding hydrogens is 639 g/mol. The molecule has 1 amide bonds. The van der Waals surface area contributed by atoms with Gasteiger partial charge in [0.05, 0.1) is 16.1 Å². The number of nitrogens with zero attached hydrogens (tertiary/aromatic N) is 4. The summed E-state index contributed by atoms with van der Waals surface area (Å²) >= 11 is 5.10. The van der Waals surface area contributed by atoms with Gasteiger partial charge in [-0.1, -0.05) is 20.8 Å². The monoisotopic (exact) mass is 660 g/mol. The third-order valence-corrected chi connectivity index (χ3v) is 9.02. The summed E-state index contributed by atoms with van der Waals surface area (Å²) in [7, 11) is 0. The maximum atomic E-state index is 15.1. The van der Waals surface area contributed by atoms with Gasteiger partial charge in [0.1, 0.15) is 11.3 Å². The molecule has 4 rings (SSSR count). The number of ether oxygens (including phenoxy) is 1. The highest BCUT2D eigenvalue weighted by Gasteiger charge is 2.59. The van der Waals surface area contributed by atoms with Crippen LogP contribution in [0.15, 0.2) is 10.5 Å². The summed E-state index contributed by atoms with van der Waals surface area (Å²) in [6, 6.07) is 0.723. The summed E-state index contributed by atoms with van der Waals surface area (Å²) in [5.41, 5.74) is -1.38. The number of alkyl halides is 3. The second-order valence-corrected chi connectivity index (χ2v) is 11.6. The van der Waals surface area contributed by atoms with Gasteiger partial charge in [0, 0.05) is 22.0 Å². The fraction of sp³-hybridized carbons (Fsp3) is 0.571. The number of hydrogen-bond acceptors (Lipinski definition) is 5. The van der Waals surface area contributed by atoms with Crippen molar-refractivity contribution >= 4 is 61.3 Å². The zero-order valence-electron chi connectivity index (χ0n) is 18.5. The molecule has 2 atom stereocenters. The minimum atomic E-state index is -4.62. The lowest BCUT2D eigenvalue weighted by molar-refractivity contribution is -0.154. The molecule has 2 aliphatic rings. The van der Waals surface area contributed by atoms with E-state index in [1.807, 2.05) is 48.3 Å². The third kappa shape index (κ3) is 4.26. The molecule has 0 saturated carbocycles. The van der Waals surface area contributed by atoms with Crippen LogP contribution < -0.4 is 9.64 Å². The van der Waals surface area contributed by atoms with E-state index in [4.69, 9.17) is 4.74 Å². The number of halogens is 6. The molecule has 1 N–H and O–H groups in total. The Labute approximate surface area is 215 Å². The number of hydrogen-bond donors (Lipinski definition) is 1. The van der Waals surface area contributed by atoms with Crippen LogP contribution in [0.1, 0.15) is 33.6 Å². The molecule has 2 bridgehead atoms. The average Bonchev–Trinajstić information content (AvgIpc) is 2.98. The van der Waals surface area contributed by atoms with Crippen LogP contribution in [-0.4, -0.2) is 63.5 Å². The number of rotatable bonds is 3.